The summed E-state index contributed by atoms with van der Waals surface area (Å²) in [6, 6.07) is 9.15. The number of benzene rings is 1. The second-order valence-electron chi connectivity index (χ2n) is 7.25. The maximum Gasteiger partial charge on any atom is 0.323 e. The Morgan fingerprint density at radius 1 is 1.16 bits per heavy atom. The summed E-state index contributed by atoms with van der Waals surface area (Å²) in [5, 5.41) is 3.15. The van der Waals surface area contributed by atoms with Crippen molar-refractivity contribution in [3.63, 3.8) is 0 Å². The molecule has 1 aromatic carbocycles. The molecule has 0 aliphatic carbocycles. The Bertz CT molecular complexity index is 536. The van der Waals surface area contributed by atoms with E-state index in [1.807, 2.05) is 65.0 Å². The van der Waals surface area contributed by atoms with Crippen LogP contribution < -0.4 is 5.32 Å². The highest BCUT2D eigenvalue weighted by Crippen LogP contribution is 2.12. The number of carbonyl (C=O) groups excluding carboxylic acids is 2. The third-order valence-corrected chi connectivity index (χ3v) is 3.80. The van der Waals surface area contributed by atoms with Gasteiger partial charge in [-0.25, -0.2) is 0 Å². The lowest BCUT2D eigenvalue weighted by atomic mass is 9.99. The van der Waals surface area contributed by atoms with Crippen LogP contribution in [0.1, 0.15) is 53.0 Å². The first kappa shape index (κ1) is 21.2. The van der Waals surface area contributed by atoms with E-state index in [-0.39, 0.29) is 30.9 Å². The average molecular weight is 349 g/mol. The molecule has 5 nitrogen and oxygen atoms in total. The first-order valence-electron chi connectivity index (χ1n) is 8.88. The summed E-state index contributed by atoms with van der Waals surface area (Å²) < 4.78 is 10.7. The molecule has 25 heavy (non-hydrogen) atoms. The molecular weight excluding hydrogens is 318 g/mol. The lowest BCUT2D eigenvalue weighted by Gasteiger charge is -2.23. The summed E-state index contributed by atoms with van der Waals surface area (Å²) in [6.45, 7) is 10.2. The molecule has 140 valence electrons. The molecule has 0 radical (unpaired) electrons. The highest BCUT2D eigenvalue weighted by Gasteiger charge is 2.25. The predicted molar refractivity (Wildman–Crippen MR) is 97.9 cm³/mol. The van der Waals surface area contributed by atoms with Gasteiger partial charge in [0.1, 0.15) is 18.2 Å². The fourth-order valence-electron chi connectivity index (χ4n) is 2.29. The van der Waals surface area contributed by atoms with E-state index < -0.39 is 11.6 Å². The van der Waals surface area contributed by atoms with Gasteiger partial charge in [-0.1, -0.05) is 50.6 Å². The summed E-state index contributed by atoms with van der Waals surface area (Å²) >= 11 is 0. The van der Waals surface area contributed by atoms with Crippen molar-refractivity contribution in [3.05, 3.63) is 35.9 Å². The van der Waals surface area contributed by atoms with E-state index in [1.165, 1.54) is 0 Å². The molecule has 2 atom stereocenters. The van der Waals surface area contributed by atoms with Crippen molar-refractivity contribution in [2.75, 3.05) is 6.54 Å². The van der Waals surface area contributed by atoms with Gasteiger partial charge in [-0.2, -0.15) is 0 Å². The molecule has 0 fully saturated rings. The van der Waals surface area contributed by atoms with Gasteiger partial charge < -0.3 is 14.8 Å². The molecule has 0 spiro atoms. The molecule has 0 saturated heterocycles. The smallest absolute Gasteiger partial charge is 0.323 e. The van der Waals surface area contributed by atoms with Gasteiger partial charge in [0.2, 0.25) is 0 Å². The molecule has 0 heterocycles. The minimum absolute atomic E-state index is 0.113. The molecule has 0 saturated carbocycles. The van der Waals surface area contributed by atoms with Crippen LogP contribution in [0, 0.1) is 5.92 Å². The Morgan fingerprint density at radius 2 is 1.80 bits per heavy atom. The van der Waals surface area contributed by atoms with E-state index in [2.05, 4.69) is 5.32 Å². The lowest BCUT2D eigenvalue weighted by Crippen LogP contribution is -2.44. The lowest BCUT2D eigenvalue weighted by molar-refractivity contribution is -0.155. The van der Waals surface area contributed by atoms with Crippen molar-refractivity contribution in [2.24, 2.45) is 5.92 Å². The van der Waals surface area contributed by atoms with Crippen LogP contribution in [0.15, 0.2) is 30.3 Å². The predicted octanol–water partition coefficient (Wildman–Crippen LogP) is 3.47. The van der Waals surface area contributed by atoms with E-state index in [4.69, 9.17) is 9.47 Å². The SMILES string of the molecule is CCC(C)C(NCCC(=O)OC(C)(C)C)C(=O)OCc1ccccc1. The normalized spacial score (nSPS) is 13.8. The monoisotopic (exact) mass is 349 g/mol. The molecule has 0 aliphatic heterocycles. The van der Waals surface area contributed by atoms with Gasteiger partial charge in [0, 0.05) is 6.54 Å². The molecule has 0 amide bonds. The quantitative estimate of drug-likeness (QED) is 0.692. The number of rotatable bonds is 9. The van der Waals surface area contributed by atoms with E-state index in [9.17, 15) is 9.59 Å². The Kier molecular flexibility index (Phi) is 8.62. The summed E-state index contributed by atoms with van der Waals surface area (Å²) in [5.41, 5.74) is 0.453. The first-order chi connectivity index (χ1) is 11.7. The molecule has 0 aliphatic rings. The molecule has 2 unspecified atom stereocenters. The number of hydrogen-bond acceptors (Lipinski definition) is 5. The third-order valence-electron chi connectivity index (χ3n) is 3.80. The van der Waals surface area contributed by atoms with Gasteiger partial charge in [0.05, 0.1) is 6.42 Å². The van der Waals surface area contributed by atoms with Crippen LogP contribution in [0.2, 0.25) is 0 Å². The summed E-state index contributed by atoms with van der Waals surface area (Å²) in [6.07, 6.45) is 1.06. The van der Waals surface area contributed by atoms with Gasteiger partial charge in [-0.15, -0.1) is 0 Å². The second-order valence-corrected chi connectivity index (χ2v) is 7.25. The topological polar surface area (TPSA) is 64.6 Å². The molecule has 5 heteroatoms. The maximum absolute atomic E-state index is 12.4. The van der Waals surface area contributed by atoms with Crippen LogP contribution in [0.3, 0.4) is 0 Å². The molecule has 0 aromatic heterocycles. The number of ether oxygens (including phenoxy) is 2. The fraction of sp³-hybridized carbons (Fsp3) is 0.600. The van der Waals surface area contributed by atoms with Crippen molar-refractivity contribution in [1.82, 2.24) is 5.32 Å². The van der Waals surface area contributed by atoms with Crippen molar-refractivity contribution in [3.8, 4) is 0 Å². The minimum Gasteiger partial charge on any atom is -0.460 e. The van der Waals surface area contributed by atoms with Crippen LogP contribution >= 0.6 is 0 Å². The van der Waals surface area contributed by atoms with E-state index in [1.54, 1.807) is 0 Å². The standard InChI is InChI=1S/C20H31NO4/c1-6-15(2)18(21-13-12-17(22)25-20(3,4)5)19(23)24-14-16-10-8-7-9-11-16/h7-11,15,18,21H,6,12-14H2,1-5H3. The molecule has 1 rings (SSSR count). The number of esters is 2. The largest absolute Gasteiger partial charge is 0.460 e. The van der Waals surface area contributed by atoms with Gasteiger partial charge >= 0.3 is 11.9 Å². The molecule has 1 aromatic rings. The van der Waals surface area contributed by atoms with Crippen LogP contribution in [0.4, 0.5) is 0 Å². The number of hydrogen-bond donors (Lipinski definition) is 1. The molecular formula is C20H31NO4. The first-order valence-corrected chi connectivity index (χ1v) is 8.88. The number of carbonyl (C=O) groups is 2. The van der Waals surface area contributed by atoms with Gasteiger partial charge in [-0.05, 0) is 32.3 Å². The zero-order valence-electron chi connectivity index (χ0n) is 16.0. The van der Waals surface area contributed by atoms with Crippen molar-refractivity contribution in [1.29, 1.82) is 0 Å². The number of nitrogens with one attached hydrogen (secondary N) is 1. The highest BCUT2D eigenvalue weighted by atomic mass is 16.6. The van der Waals surface area contributed by atoms with Crippen LogP contribution in [0.5, 0.6) is 0 Å². The molecule has 1 N–H and O–H groups in total. The Morgan fingerprint density at radius 3 is 2.36 bits per heavy atom. The van der Waals surface area contributed by atoms with Crippen molar-refractivity contribution < 1.29 is 19.1 Å². The maximum atomic E-state index is 12.4. The zero-order valence-corrected chi connectivity index (χ0v) is 16.0. The highest BCUT2D eigenvalue weighted by molar-refractivity contribution is 5.76. The average Bonchev–Trinajstić information content (AvgIpc) is 2.55. The second kappa shape index (κ2) is 10.2. The van der Waals surface area contributed by atoms with E-state index in [0.29, 0.717) is 6.54 Å². The van der Waals surface area contributed by atoms with Crippen LogP contribution in [-0.2, 0) is 25.7 Å². The Labute approximate surface area is 151 Å². The minimum atomic E-state index is -0.498. The van der Waals surface area contributed by atoms with Crippen molar-refractivity contribution >= 4 is 11.9 Å². The van der Waals surface area contributed by atoms with Crippen molar-refractivity contribution in [2.45, 2.75) is 65.7 Å². The van der Waals surface area contributed by atoms with Crippen LogP contribution in [0.25, 0.3) is 0 Å². The summed E-state index contributed by atoms with van der Waals surface area (Å²) in [5.74, 6) is -0.454. The van der Waals surface area contributed by atoms with Gasteiger partial charge in [0.15, 0.2) is 0 Å². The summed E-state index contributed by atoms with van der Waals surface area (Å²) in [4.78, 5) is 24.2. The van der Waals surface area contributed by atoms with Gasteiger partial charge in [-0.3, -0.25) is 9.59 Å². The Hall–Kier alpha value is -1.88. The van der Waals surface area contributed by atoms with Crippen LogP contribution in [-0.4, -0.2) is 30.1 Å². The van der Waals surface area contributed by atoms with E-state index >= 15 is 0 Å². The fourth-order valence-corrected chi connectivity index (χ4v) is 2.29. The van der Waals surface area contributed by atoms with E-state index in [0.717, 1.165) is 12.0 Å². The van der Waals surface area contributed by atoms with Gasteiger partial charge in [0.25, 0.3) is 0 Å². The third kappa shape index (κ3) is 8.68. The molecule has 0 bridgehead atoms. The Balaban J connectivity index is 2.50. The summed E-state index contributed by atoms with van der Waals surface area (Å²) in [7, 11) is 0. The zero-order chi connectivity index (χ0) is 18.9.